The number of aromatic nitrogens is 2. The van der Waals surface area contributed by atoms with E-state index in [0.717, 1.165) is 5.39 Å². The van der Waals surface area contributed by atoms with Crippen molar-refractivity contribution in [1.29, 1.82) is 0 Å². The standard InChI is InChI=1S/C21H16N4O3S/c26-21(15-6-7-16-13-22-14-23-20(16)12-15)24-17-8-10-19(11-9-17)29(27,28)25-18-4-2-1-3-5-18/h1-14,25H,(H,24,26). The maximum Gasteiger partial charge on any atom is 0.261 e. The molecule has 0 saturated carbocycles. The van der Waals surface area contributed by atoms with E-state index in [0.29, 0.717) is 22.5 Å². The van der Waals surface area contributed by atoms with E-state index < -0.39 is 10.0 Å². The first-order valence-corrected chi connectivity index (χ1v) is 10.2. The van der Waals surface area contributed by atoms with Crippen LogP contribution in [0.15, 0.2) is 90.2 Å². The molecule has 29 heavy (non-hydrogen) atoms. The molecule has 3 aromatic carbocycles. The quantitative estimate of drug-likeness (QED) is 0.528. The maximum atomic E-state index is 12.5. The van der Waals surface area contributed by atoms with Gasteiger partial charge in [-0.05, 0) is 48.5 Å². The van der Waals surface area contributed by atoms with Gasteiger partial charge >= 0.3 is 0 Å². The Hall–Kier alpha value is -3.78. The average molecular weight is 404 g/mol. The molecule has 0 spiro atoms. The molecule has 7 nitrogen and oxygen atoms in total. The molecule has 0 aliphatic rings. The normalized spacial score (nSPS) is 11.2. The van der Waals surface area contributed by atoms with Crippen molar-refractivity contribution in [2.75, 3.05) is 10.0 Å². The molecule has 0 aliphatic heterocycles. The summed E-state index contributed by atoms with van der Waals surface area (Å²) in [6.07, 6.45) is 3.10. The number of para-hydroxylation sites is 1. The van der Waals surface area contributed by atoms with E-state index in [1.54, 1.807) is 66.9 Å². The van der Waals surface area contributed by atoms with E-state index in [9.17, 15) is 13.2 Å². The molecule has 1 amide bonds. The Morgan fingerprint density at radius 2 is 1.62 bits per heavy atom. The molecule has 0 saturated heterocycles. The molecular weight excluding hydrogens is 388 g/mol. The minimum Gasteiger partial charge on any atom is -0.322 e. The SMILES string of the molecule is O=C(Nc1ccc(S(=O)(=O)Nc2ccccc2)cc1)c1ccc2cncnc2c1. The van der Waals surface area contributed by atoms with Crippen LogP contribution < -0.4 is 10.0 Å². The predicted octanol–water partition coefficient (Wildman–Crippen LogP) is 3.68. The van der Waals surface area contributed by atoms with Gasteiger partial charge in [0.05, 0.1) is 10.4 Å². The van der Waals surface area contributed by atoms with E-state index in [4.69, 9.17) is 0 Å². The van der Waals surface area contributed by atoms with Crippen LogP contribution in [-0.2, 0) is 10.0 Å². The molecule has 0 fully saturated rings. The summed E-state index contributed by atoms with van der Waals surface area (Å²) in [7, 11) is -3.71. The number of hydrogen-bond donors (Lipinski definition) is 2. The van der Waals surface area contributed by atoms with E-state index in [2.05, 4.69) is 20.0 Å². The van der Waals surface area contributed by atoms with Crippen molar-refractivity contribution in [1.82, 2.24) is 9.97 Å². The van der Waals surface area contributed by atoms with Crippen molar-refractivity contribution in [2.45, 2.75) is 4.90 Å². The number of carbonyl (C=O) groups excluding carboxylic acids is 1. The number of fused-ring (bicyclic) bond motifs is 1. The number of anilines is 2. The third kappa shape index (κ3) is 4.22. The molecular formula is C21H16N4O3S. The number of nitrogens with zero attached hydrogens (tertiary/aromatic N) is 2. The van der Waals surface area contributed by atoms with Gasteiger partial charge in [-0.25, -0.2) is 18.4 Å². The number of amides is 1. The molecule has 144 valence electrons. The fourth-order valence-electron chi connectivity index (χ4n) is 2.76. The van der Waals surface area contributed by atoms with Gasteiger partial charge in [0.25, 0.3) is 15.9 Å². The Bertz CT molecular complexity index is 1270. The van der Waals surface area contributed by atoms with Crippen molar-refractivity contribution >= 4 is 38.2 Å². The zero-order valence-corrected chi connectivity index (χ0v) is 15.9. The minimum atomic E-state index is -3.71. The maximum absolute atomic E-state index is 12.5. The second-order valence-corrected chi connectivity index (χ2v) is 7.93. The molecule has 1 aromatic heterocycles. The summed E-state index contributed by atoms with van der Waals surface area (Å²) in [6, 6.07) is 19.7. The first-order valence-electron chi connectivity index (χ1n) is 8.70. The highest BCUT2D eigenvalue weighted by Gasteiger charge is 2.14. The molecule has 2 N–H and O–H groups in total. The zero-order chi connectivity index (χ0) is 20.3. The highest BCUT2D eigenvalue weighted by atomic mass is 32.2. The van der Waals surface area contributed by atoms with E-state index >= 15 is 0 Å². The van der Waals surface area contributed by atoms with Crippen LogP contribution in [0.1, 0.15) is 10.4 Å². The Kier molecular flexibility index (Phi) is 4.92. The zero-order valence-electron chi connectivity index (χ0n) is 15.1. The lowest BCUT2D eigenvalue weighted by atomic mass is 10.1. The first kappa shape index (κ1) is 18.6. The van der Waals surface area contributed by atoms with Crippen molar-refractivity contribution in [3.05, 3.63) is 90.9 Å². The Balaban J connectivity index is 1.49. The summed E-state index contributed by atoms with van der Waals surface area (Å²) >= 11 is 0. The second kappa shape index (κ2) is 7.69. The lowest BCUT2D eigenvalue weighted by Gasteiger charge is -2.10. The van der Waals surface area contributed by atoms with Crippen molar-refractivity contribution in [3.63, 3.8) is 0 Å². The van der Waals surface area contributed by atoms with Gasteiger partial charge < -0.3 is 5.32 Å². The van der Waals surface area contributed by atoms with E-state index in [1.807, 2.05) is 0 Å². The predicted molar refractivity (Wildman–Crippen MR) is 111 cm³/mol. The summed E-state index contributed by atoms with van der Waals surface area (Å²) in [4.78, 5) is 20.7. The average Bonchev–Trinajstić information content (AvgIpc) is 2.74. The minimum absolute atomic E-state index is 0.0988. The lowest BCUT2D eigenvalue weighted by Crippen LogP contribution is -2.14. The van der Waals surface area contributed by atoms with Crippen LogP contribution in [0.3, 0.4) is 0 Å². The van der Waals surface area contributed by atoms with Crippen LogP contribution in [0.4, 0.5) is 11.4 Å². The monoisotopic (exact) mass is 404 g/mol. The van der Waals surface area contributed by atoms with Gasteiger partial charge in [-0.2, -0.15) is 0 Å². The smallest absolute Gasteiger partial charge is 0.261 e. The summed E-state index contributed by atoms with van der Waals surface area (Å²) < 4.78 is 27.5. The van der Waals surface area contributed by atoms with Crippen molar-refractivity contribution in [2.24, 2.45) is 0 Å². The fourth-order valence-corrected chi connectivity index (χ4v) is 3.81. The fraction of sp³-hybridized carbons (Fsp3) is 0. The number of hydrogen-bond acceptors (Lipinski definition) is 5. The highest BCUT2D eigenvalue weighted by Crippen LogP contribution is 2.19. The Morgan fingerprint density at radius 1 is 0.862 bits per heavy atom. The van der Waals surface area contributed by atoms with Gasteiger partial charge in [0, 0.05) is 28.5 Å². The molecule has 0 unspecified atom stereocenters. The van der Waals surface area contributed by atoms with Gasteiger partial charge in [-0.1, -0.05) is 24.3 Å². The molecule has 4 rings (SSSR count). The van der Waals surface area contributed by atoms with E-state index in [-0.39, 0.29) is 10.8 Å². The van der Waals surface area contributed by atoms with Gasteiger partial charge in [-0.15, -0.1) is 0 Å². The van der Waals surface area contributed by atoms with Crippen molar-refractivity contribution < 1.29 is 13.2 Å². The molecule has 0 atom stereocenters. The molecule has 4 aromatic rings. The number of rotatable bonds is 5. The van der Waals surface area contributed by atoms with Crippen LogP contribution in [-0.4, -0.2) is 24.3 Å². The number of carbonyl (C=O) groups is 1. The third-order valence-corrected chi connectivity index (χ3v) is 5.62. The highest BCUT2D eigenvalue weighted by molar-refractivity contribution is 7.92. The Labute approximate surface area is 167 Å². The number of sulfonamides is 1. The van der Waals surface area contributed by atoms with E-state index in [1.165, 1.54) is 18.5 Å². The van der Waals surface area contributed by atoms with Crippen LogP contribution in [0, 0.1) is 0 Å². The summed E-state index contributed by atoms with van der Waals surface area (Å²) in [5.74, 6) is -0.316. The lowest BCUT2D eigenvalue weighted by molar-refractivity contribution is 0.102. The molecule has 8 heteroatoms. The Morgan fingerprint density at radius 3 is 2.38 bits per heavy atom. The largest absolute Gasteiger partial charge is 0.322 e. The second-order valence-electron chi connectivity index (χ2n) is 6.25. The topological polar surface area (TPSA) is 101 Å². The number of benzene rings is 3. The summed E-state index contributed by atoms with van der Waals surface area (Å²) in [6.45, 7) is 0. The van der Waals surface area contributed by atoms with Crippen LogP contribution >= 0.6 is 0 Å². The third-order valence-electron chi connectivity index (χ3n) is 4.22. The number of nitrogens with one attached hydrogen (secondary N) is 2. The molecule has 0 aliphatic carbocycles. The van der Waals surface area contributed by atoms with Gasteiger partial charge in [0.2, 0.25) is 0 Å². The van der Waals surface area contributed by atoms with Gasteiger partial charge in [-0.3, -0.25) is 9.52 Å². The molecule has 1 heterocycles. The van der Waals surface area contributed by atoms with Gasteiger partial charge in [0.15, 0.2) is 0 Å². The van der Waals surface area contributed by atoms with Crippen molar-refractivity contribution in [3.8, 4) is 0 Å². The van der Waals surface area contributed by atoms with Crippen LogP contribution in [0.25, 0.3) is 10.9 Å². The molecule has 0 radical (unpaired) electrons. The summed E-state index contributed by atoms with van der Waals surface area (Å²) in [5, 5.41) is 3.59. The summed E-state index contributed by atoms with van der Waals surface area (Å²) in [5.41, 5.74) is 2.07. The molecule has 0 bridgehead atoms. The van der Waals surface area contributed by atoms with Crippen LogP contribution in [0.5, 0.6) is 0 Å². The van der Waals surface area contributed by atoms with Crippen LogP contribution in [0.2, 0.25) is 0 Å². The van der Waals surface area contributed by atoms with Gasteiger partial charge in [0.1, 0.15) is 6.33 Å². The first-order chi connectivity index (χ1) is 14.0.